The van der Waals surface area contributed by atoms with E-state index in [2.05, 4.69) is 98.4 Å². The third kappa shape index (κ3) is 2.30. The third-order valence-electron chi connectivity index (χ3n) is 5.71. The summed E-state index contributed by atoms with van der Waals surface area (Å²) in [4.78, 5) is 4.54. The van der Waals surface area contributed by atoms with Crippen LogP contribution in [0, 0.1) is 0 Å². The van der Waals surface area contributed by atoms with Crippen molar-refractivity contribution in [3.05, 3.63) is 65.7 Å². The minimum absolute atomic E-state index is 0.0971. The van der Waals surface area contributed by atoms with Crippen LogP contribution in [0.15, 0.2) is 54.6 Å². The molecule has 0 amide bonds. The summed E-state index contributed by atoms with van der Waals surface area (Å²) in [6.45, 7) is 6.28. The smallest absolute Gasteiger partial charge is 0.170 e. The van der Waals surface area contributed by atoms with Crippen LogP contribution in [0.1, 0.15) is 25.0 Å². The summed E-state index contributed by atoms with van der Waals surface area (Å²) in [7, 11) is 4.12. The lowest BCUT2D eigenvalue weighted by Gasteiger charge is -2.39. The monoisotopic (exact) mass is 334 g/mol. The van der Waals surface area contributed by atoms with E-state index >= 15 is 0 Å². The largest absolute Gasteiger partial charge is 0.378 e. The second-order valence-electron chi connectivity index (χ2n) is 7.66. The van der Waals surface area contributed by atoms with Gasteiger partial charge in [0.2, 0.25) is 0 Å². The second kappa shape index (κ2) is 5.63. The van der Waals surface area contributed by atoms with E-state index in [0.717, 1.165) is 13.2 Å². The predicted molar refractivity (Wildman–Crippen MR) is 105 cm³/mol. The molecule has 1 atom stereocenters. The number of hydrogen-bond donors (Lipinski definition) is 0. The zero-order chi connectivity index (χ0) is 17.7. The summed E-state index contributed by atoms with van der Waals surface area (Å²) >= 11 is 0. The van der Waals surface area contributed by atoms with Crippen molar-refractivity contribution in [1.29, 1.82) is 0 Å². The van der Waals surface area contributed by atoms with Crippen LogP contribution in [0.2, 0.25) is 0 Å². The average Bonchev–Trinajstić information content (AvgIpc) is 3.12. The zero-order valence-electron chi connectivity index (χ0n) is 15.5. The summed E-state index contributed by atoms with van der Waals surface area (Å²) < 4.78 is 6.38. The third-order valence-corrected chi connectivity index (χ3v) is 5.71. The molecule has 0 aromatic heterocycles. The molecule has 1 fully saturated rings. The lowest BCUT2D eigenvalue weighted by Crippen LogP contribution is -2.51. The van der Waals surface area contributed by atoms with Crippen molar-refractivity contribution in [3.8, 4) is 0 Å². The predicted octanol–water partition coefficient (Wildman–Crippen LogP) is 4.29. The summed E-state index contributed by atoms with van der Waals surface area (Å²) in [5, 5.41) is 0. The first-order valence-electron chi connectivity index (χ1n) is 8.93. The molecule has 2 heterocycles. The molecule has 1 saturated heterocycles. The average molecular weight is 334 g/mol. The van der Waals surface area contributed by atoms with E-state index in [1.807, 2.05) is 0 Å². The number of anilines is 2. The lowest BCUT2D eigenvalue weighted by atomic mass is 9.77. The quantitative estimate of drug-likeness (QED) is 0.833. The summed E-state index contributed by atoms with van der Waals surface area (Å²) in [6, 6.07) is 17.3. The van der Waals surface area contributed by atoms with Crippen LogP contribution in [0.25, 0.3) is 6.08 Å². The van der Waals surface area contributed by atoms with Crippen LogP contribution in [-0.4, -0.2) is 33.0 Å². The maximum Gasteiger partial charge on any atom is 0.170 e. The molecule has 2 aromatic carbocycles. The van der Waals surface area contributed by atoms with Crippen LogP contribution in [0.5, 0.6) is 0 Å². The molecular weight excluding hydrogens is 308 g/mol. The van der Waals surface area contributed by atoms with Crippen molar-refractivity contribution < 1.29 is 4.74 Å². The van der Waals surface area contributed by atoms with Crippen molar-refractivity contribution in [2.75, 3.05) is 37.0 Å². The topological polar surface area (TPSA) is 15.7 Å². The van der Waals surface area contributed by atoms with Gasteiger partial charge in [0.05, 0.1) is 6.61 Å². The van der Waals surface area contributed by atoms with Gasteiger partial charge >= 0.3 is 0 Å². The number of rotatable bonds is 3. The molecule has 3 heteroatoms. The lowest BCUT2D eigenvalue weighted by molar-refractivity contribution is 0.000337. The van der Waals surface area contributed by atoms with E-state index in [0.29, 0.717) is 0 Å². The Morgan fingerprint density at radius 2 is 1.76 bits per heavy atom. The highest BCUT2D eigenvalue weighted by Gasteiger charge is 2.58. The molecule has 0 N–H and O–H groups in total. The molecule has 2 aliphatic rings. The van der Waals surface area contributed by atoms with Gasteiger partial charge in [-0.25, -0.2) is 0 Å². The molecule has 0 aliphatic carbocycles. The van der Waals surface area contributed by atoms with E-state index in [9.17, 15) is 0 Å². The van der Waals surface area contributed by atoms with Crippen molar-refractivity contribution >= 4 is 17.5 Å². The molecule has 0 saturated carbocycles. The molecule has 3 nitrogen and oxygen atoms in total. The molecule has 1 unspecified atom stereocenters. The van der Waals surface area contributed by atoms with Crippen LogP contribution >= 0.6 is 0 Å². The normalized spacial score (nSPS) is 23.8. The maximum atomic E-state index is 6.38. The fraction of sp³-hybridized carbons (Fsp3) is 0.364. The fourth-order valence-electron chi connectivity index (χ4n) is 4.22. The SMILES string of the molecule is CN(C)c1ccc(/C=C\C23OCCN2c2ccccc2C3(C)C)cc1. The van der Waals surface area contributed by atoms with Crippen molar-refractivity contribution in [1.82, 2.24) is 0 Å². The summed E-state index contributed by atoms with van der Waals surface area (Å²) in [5.74, 6) is 0. The van der Waals surface area contributed by atoms with Gasteiger partial charge in [-0.05, 0) is 35.4 Å². The Kier molecular flexibility index (Phi) is 3.66. The number of fused-ring (bicyclic) bond motifs is 3. The van der Waals surface area contributed by atoms with Crippen LogP contribution in [0.4, 0.5) is 11.4 Å². The van der Waals surface area contributed by atoms with E-state index in [1.54, 1.807) is 0 Å². The van der Waals surface area contributed by atoms with Gasteiger partial charge in [-0.2, -0.15) is 0 Å². The molecule has 2 aliphatic heterocycles. The minimum Gasteiger partial charge on any atom is -0.378 e. The van der Waals surface area contributed by atoms with Gasteiger partial charge < -0.3 is 14.5 Å². The van der Waals surface area contributed by atoms with Gasteiger partial charge in [-0.3, -0.25) is 0 Å². The van der Waals surface area contributed by atoms with Gasteiger partial charge in [-0.15, -0.1) is 0 Å². The molecule has 2 aromatic rings. The number of benzene rings is 2. The molecule has 130 valence electrons. The highest BCUT2D eigenvalue weighted by Crippen LogP contribution is 2.54. The summed E-state index contributed by atoms with van der Waals surface area (Å²) in [6.07, 6.45) is 4.45. The summed E-state index contributed by atoms with van der Waals surface area (Å²) in [5.41, 5.74) is 4.57. The molecule has 0 bridgehead atoms. The van der Waals surface area contributed by atoms with Crippen LogP contribution in [-0.2, 0) is 10.2 Å². The van der Waals surface area contributed by atoms with Gasteiger partial charge in [0.15, 0.2) is 5.72 Å². The van der Waals surface area contributed by atoms with E-state index in [1.165, 1.54) is 22.5 Å². The molecule has 25 heavy (non-hydrogen) atoms. The van der Waals surface area contributed by atoms with Gasteiger partial charge in [-0.1, -0.05) is 50.3 Å². The molecule has 0 spiro atoms. The number of hydrogen-bond acceptors (Lipinski definition) is 3. The van der Waals surface area contributed by atoms with Gasteiger partial charge in [0.25, 0.3) is 0 Å². The first kappa shape index (κ1) is 16.2. The Labute approximate surface area is 150 Å². The van der Waals surface area contributed by atoms with Crippen LogP contribution in [0.3, 0.4) is 0 Å². The Hall–Kier alpha value is -2.26. The minimum atomic E-state index is -0.406. The number of ether oxygens (including phenoxy) is 1. The Balaban J connectivity index is 1.71. The van der Waals surface area contributed by atoms with Crippen molar-refractivity contribution in [3.63, 3.8) is 0 Å². The molecule has 0 radical (unpaired) electrons. The number of nitrogens with zero attached hydrogens (tertiary/aromatic N) is 2. The van der Waals surface area contributed by atoms with E-state index in [4.69, 9.17) is 4.74 Å². The first-order valence-corrected chi connectivity index (χ1v) is 8.93. The van der Waals surface area contributed by atoms with Crippen molar-refractivity contribution in [2.45, 2.75) is 25.0 Å². The van der Waals surface area contributed by atoms with E-state index < -0.39 is 5.72 Å². The Morgan fingerprint density at radius 3 is 2.48 bits per heavy atom. The maximum absolute atomic E-state index is 6.38. The standard InChI is InChI=1S/C22H26N2O/c1-21(2)19-7-5-6-8-20(19)24-15-16-25-22(21,24)14-13-17-9-11-18(12-10-17)23(3)4/h5-14H,15-16H2,1-4H3/b14-13-. The van der Waals surface area contributed by atoms with Crippen molar-refractivity contribution in [2.24, 2.45) is 0 Å². The van der Waals surface area contributed by atoms with Gasteiger partial charge in [0.1, 0.15) is 0 Å². The second-order valence-corrected chi connectivity index (χ2v) is 7.66. The fourth-order valence-corrected chi connectivity index (χ4v) is 4.22. The number of para-hydroxylation sites is 1. The Morgan fingerprint density at radius 1 is 1.04 bits per heavy atom. The van der Waals surface area contributed by atoms with Crippen LogP contribution < -0.4 is 9.80 Å². The van der Waals surface area contributed by atoms with Gasteiger partial charge in [0, 0.05) is 37.4 Å². The highest BCUT2D eigenvalue weighted by molar-refractivity contribution is 5.70. The Bertz CT molecular complexity index is 807. The van der Waals surface area contributed by atoms with E-state index in [-0.39, 0.29) is 5.41 Å². The first-order chi connectivity index (χ1) is 12.0. The zero-order valence-corrected chi connectivity index (χ0v) is 15.5. The highest BCUT2D eigenvalue weighted by atomic mass is 16.5. The molecule has 4 rings (SSSR count). The molecular formula is C22H26N2O.